The maximum Gasteiger partial charge on any atom is 0.0114 e. The Morgan fingerprint density at radius 2 is 1.73 bits per heavy atom. The molecule has 1 atom stereocenters. The lowest BCUT2D eigenvalue weighted by Gasteiger charge is -2.12. The Balaban J connectivity index is 0. The molecule has 0 heterocycles. The standard InChI is InChI=1S/C11H24N2.C2H6/c1-9(2)6-5-7-10(3)11(4)8-13-12;1-2/h8-10,13H,5-7,12H2,1-4H3;1-2H3/b11-8-;. The highest BCUT2D eigenvalue weighted by Gasteiger charge is 2.04. The van der Waals surface area contributed by atoms with Crippen LogP contribution in [-0.4, -0.2) is 0 Å². The smallest absolute Gasteiger partial charge is 0.0114 e. The third kappa shape index (κ3) is 11.4. The molecule has 0 aliphatic carbocycles. The number of nitrogens with two attached hydrogens (primary N) is 1. The third-order valence-electron chi connectivity index (χ3n) is 2.51. The second kappa shape index (κ2) is 11.6. The van der Waals surface area contributed by atoms with E-state index in [1.165, 1.54) is 24.8 Å². The highest BCUT2D eigenvalue weighted by molar-refractivity contribution is 4.99. The maximum absolute atomic E-state index is 5.22. The highest BCUT2D eigenvalue weighted by Crippen LogP contribution is 2.18. The van der Waals surface area contributed by atoms with Crippen LogP contribution in [0.3, 0.4) is 0 Å². The molecule has 0 amide bonds. The molecule has 0 aromatic rings. The van der Waals surface area contributed by atoms with E-state index in [-0.39, 0.29) is 0 Å². The summed E-state index contributed by atoms with van der Waals surface area (Å²) in [6.45, 7) is 12.9. The van der Waals surface area contributed by atoms with Gasteiger partial charge in [-0.1, -0.05) is 53.0 Å². The van der Waals surface area contributed by atoms with Crippen molar-refractivity contribution in [2.24, 2.45) is 17.7 Å². The van der Waals surface area contributed by atoms with Crippen molar-refractivity contribution in [3.63, 3.8) is 0 Å². The third-order valence-corrected chi connectivity index (χ3v) is 2.51. The molecule has 0 aliphatic rings. The van der Waals surface area contributed by atoms with E-state index < -0.39 is 0 Å². The molecule has 3 N–H and O–H groups in total. The Hall–Kier alpha value is -0.500. The quantitative estimate of drug-likeness (QED) is 0.521. The number of nitrogens with one attached hydrogen (secondary N) is 1. The van der Waals surface area contributed by atoms with Gasteiger partial charge in [0, 0.05) is 6.20 Å². The van der Waals surface area contributed by atoms with Crippen molar-refractivity contribution < 1.29 is 0 Å². The van der Waals surface area contributed by atoms with Gasteiger partial charge in [0.1, 0.15) is 0 Å². The van der Waals surface area contributed by atoms with Gasteiger partial charge in [0.25, 0.3) is 0 Å². The summed E-state index contributed by atoms with van der Waals surface area (Å²) in [5.74, 6) is 6.69. The Morgan fingerprint density at radius 3 is 2.13 bits per heavy atom. The van der Waals surface area contributed by atoms with Gasteiger partial charge >= 0.3 is 0 Å². The minimum absolute atomic E-state index is 0.648. The largest absolute Gasteiger partial charge is 0.331 e. The zero-order valence-electron chi connectivity index (χ0n) is 11.4. The van der Waals surface area contributed by atoms with Crippen LogP contribution < -0.4 is 11.3 Å². The minimum atomic E-state index is 0.648. The molecule has 0 bridgehead atoms. The van der Waals surface area contributed by atoms with Gasteiger partial charge in [-0.3, -0.25) is 5.84 Å². The monoisotopic (exact) mass is 214 g/mol. The van der Waals surface area contributed by atoms with Crippen LogP contribution in [0.1, 0.15) is 60.8 Å². The van der Waals surface area contributed by atoms with Crippen molar-refractivity contribution >= 4 is 0 Å². The minimum Gasteiger partial charge on any atom is -0.331 e. The Kier molecular flexibility index (Phi) is 13.1. The first-order valence-corrected chi connectivity index (χ1v) is 6.20. The zero-order valence-corrected chi connectivity index (χ0v) is 11.4. The summed E-state index contributed by atoms with van der Waals surface area (Å²) in [7, 11) is 0. The van der Waals surface area contributed by atoms with Gasteiger partial charge in [0.05, 0.1) is 0 Å². The average molecular weight is 214 g/mol. The van der Waals surface area contributed by atoms with E-state index in [2.05, 4.69) is 33.1 Å². The first-order valence-electron chi connectivity index (χ1n) is 6.20. The number of hydrogen-bond acceptors (Lipinski definition) is 2. The summed E-state index contributed by atoms with van der Waals surface area (Å²) < 4.78 is 0. The second-order valence-electron chi connectivity index (χ2n) is 4.28. The van der Waals surface area contributed by atoms with Crippen LogP contribution in [0.25, 0.3) is 0 Å². The molecular weight excluding hydrogens is 184 g/mol. The van der Waals surface area contributed by atoms with Crippen LogP contribution in [0, 0.1) is 11.8 Å². The van der Waals surface area contributed by atoms with Crippen molar-refractivity contribution in [1.82, 2.24) is 5.43 Å². The predicted octanol–water partition coefficient (Wildman–Crippen LogP) is 3.84. The lowest BCUT2D eigenvalue weighted by atomic mass is 9.95. The number of hydrogen-bond donors (Lipinski definition) is 2. The zero-order chi connectivity index (χ0) is 12.3. The predicted molar refractivity (Wildman–Crippen MR) is 70.3 cm³/mol. The van der Waals surface area contributed by atoms with Gasteiger partial charge in [-0.25, -0.2) is 0 Å². The van der Waals surface area contributed by atoms with Gasteiger partial charge in [-0.2, -0.15) is 0 Å². The molecule has 0 fully saturated rings. The maximum atomic E-state index is 5.22. The fourth-order valence-electron chi connectivity index (χ4n) is 1.33. The Labute approximate surface area is 96.3 Å². The van der Waals surface area contributed by atoms with Crippen molar-refractivity contribution in [2.75, 3.05) is 0 Å². The fraction of sp³-hybridized carbons (Fsp3) is 0.846. The molecular formula is C13H30N2. The van der Waals surface area contributed by atoms with Crippen LogP contribution in [0.5, 0.6) is 0 Å². The van der Waals surface area contributed by atoms with E-state index in [1.54, 1.807) is 0 Å². The molecule has 0 aromatic heterocycles. The van der Waals surface area contributed by atoms with E-state index in [9.17, 15) is 0 Å². The SMILES string of the molecule is C/C(=C/NN)C(C)CCCC(C)C.CC. The van der Waals surface area contributed by atoms with Crippen molar-refractivity contribution in [3.05, 3.63) is 11.8 Å². The van der Waals surface area contributed by atoms with E-state index in [0.29, 0.717) is 5.92 Å². The molecule has 0 radical (unpaired) electrons. The summed E-state index contributed by atoms with van der Waals surface area (Å²) in [4.78, 5) is 0. The van der Waals surface area contributed by atoms with Gasteiger partial charge < -0.3 is 5.43 Å². The summed E-state index contributed by atoms with van der Waals surface area (Å²) in [5.41, 5.74) is 3.92. The number of rotatable bonds is 6. The lowest BCUT2D eigenvalue weighted by molar-refractivity contribution is 0.490. The molecule has 2 heteroatoms. The van der Waals surface area contributed by atoms with Crippen molar-refractivity contribution in [1.29, 1.82) is 0 Å². The molecule has 2 nitrogen and oxygen atoms in total. The molecule has 0 aromatic carbocycles. The van der Waals surface area contributed by atoms with Crippen molar-refractivity contribution in [3.8, 4) is 0 Å². The molecule has 0 rings (SSSR count). The summed E-state index contributed by atoms with van der Waals surface area (Å²) in [5, 5.41) is 0. The molecule has 15 heavy (non-hydrogen) atoms. The average Bonchev–Trinajstić information content (AvgIpc) is 2.20. The van der Waals surface area contributed by atoms with E-state index in [4.69, 9.17) is 5.84 Å². The van der Waals surface area contributed by atoms with Crippen LogP contribution in [-0.2, 0) is 0 Å². The molecule has 0 spiro atoms. The van der Waals surface area contributed by atoms with Crippen molar-refractivity contribution in [2.45, 2.75) is 60.8 Å². The second-order valence-corrected chi connectivity index (χ2v) is 4.28. The first kappa shape index (κ1) is 16.9. The molecule has 1 unspecified atom stereocenters. The summed E-state index contributed by atoms with van der Waals surface area (Å²) in [6.07, 6.45) is 5.80. The van der Waals surface area contributed by atoms with E-state index >= 15 is 0 Å². The number of hydrazine groups is 1. The van der Waals surface area contributed by atoms with Gasteiger partial charge in [0.15, 0.2) is 0 Å². The normalized spacial score (nSPS) is 13.2. The van der Waals surface area contributed by atoms with Gasteiger partial charge in [-0.15, -0.1) is 0 Å². The Morgan fingerprint density at radius 1 is 1.20 bits per heavy atom. The molecule has 0 aliphatic heterocycles. The Bertz CT molecular complexity index is 151. The number of allylic oxidation sites excluding steroid dienone is 1. The van der Waals surface area contributed by atoms with Crippen LogP contribution in [0.2, 0.25) is 0 Å². The molecule has 0 saturated carbocycles. The van der Waals surface area contributed by atoms with Gasteiger partial charge in [0.2, 0.25) is 0 Å². The van der Waals surface area contributed by atoms with Gasteiger partial charge in [-0.05, 0) is 25.2 Å². The topological polar surface area (TPSA) is 38.0 Å². The molecule has 0 saturated heterocycles. The van der Waals surface area contributed by atoms with E-state index in [0.717, 1.165) is 5.92 Å². The van der Waals surface area contributed by atoms with E-state index in [1.807, 2.05) is 20.0 Å². The lowest BCUT2D eigenvalue weighted by Crippen LogP contribution is -2.15. The fourth-order valence-corrected chi connectivity index (χ4v) is 1.33. The first-order chi connectivity index (χ1) is 7.07. The molecule has 92 valence electrons. The van der Waals surface area contributed by atoms with Crippen LogP contribution in [0.15, 0.2) is 11.8 Å². The highest BCUT2D eigenvalue weighted by atomic mass is 15.2. The summed E-state index contributed by atoms with van der Waals surface area (Å²) in [6, 6.07) is 0. The van der Waals surface area contributed by atoms with Crippen LogP contribution in [0.4, 0.5) is 0 Å². The summed E-state index contributed by atoms with van der Waals surface area (Å²) >= 11 is 0. The van der Waals surface area contributed by atoms with Crippen LogP contribution >= 0.6 is 0 Å².